The molecule has 21 heavy (non-hydrogen) atoms. The Morgan fingerprint density at radius 3 is 2.48 bits per heavy atom. The molecular formula is C14H10N4O3. The minimum Gasteiger partial charge on any atom is -0.505 e. The molecule has 0 radical (unpaired) electrons. The summed E-state index contributed by atoms with van der Waals surface area (Å²) in [6.07, 6.45) is 7.42. The van der Waals surface area contributed by atoms with E-state index in [2.05, 4.69) is 15.4 Å². The van der Waals surface area contributed by atoms with Crippen molar-refractivity contribution in [2.75, 3.05) is 0 Å². The molecule has 1 aromatic heterocycles. The van der Waals surface area contributed by atoms with E-state index in [0.29, 0.717) is 16.3 Å². The van der Waals surface area contributed by atoms with Crippen LogP contribution >= 0.6 is 0 Å². The third-order valence-corrected chi connectivity index (χ3v) is 3.07. The first-order valence-corrected chi connectivity index (χ1v) is 6.11. The average Bonchev–Trinajstić information content (AvgIpc) is 3.17. The molecule has 0 saturated heterocycles. The number of aliphatic hydroxyl groups excluding tert-OH is 1. The van der Waals surface area contributed by atoms with Crippen LogP contribution in [0.4, 0.5) is 5.69 Å². The van der Waals surface area contributed by atoms with Crippen molar-refractivity contribution in [3.8, 4) is 0 Å². The number of benzene rings is 1. The molecule has 1 aliphatic rings. The second-order valence-corrected chi connectivity index (χ2v) is 4.36. The molecule has 1 heterocycles. The number of aromatic amines is 1. The lowest BCUT2D eigenvalue weighted by atomic mass is 10.1. The molecule has 1 aliphatic carbocycles. The van der Waals surface area contributed by atoms with Crippen LogP contribution in [0.15, 0.2) is 48.6 Å². The Hall–Kier alpha value is -3.22. The topological polar surface area (TPSA) is 105 Å². The molecule has 0 saturated carbocycles. The molecule has 1 aromatic carbocycles. The van der Waals surface area contributed by atoms with Gasteiger partial charge in [0.05, 0.1) is 4.92 Å². The highest BCUT2D eigenvalue weighted by atomic mass is 16.6. The number of nitrogens with one attached hydrogen (secondary N) is 1. The Morgan fingerprint density at radius 1 is 1.19 bits per heavy atom. The maximum absolute atomic E-state index is 10.6. The summed E-state index contributed by atoms with van der Waals surface area (Å²) in [6, 6.07) is 5.61. The summed E-state index contributed by atoms with van der Waals surface area (Å²) in [4.78, 5) is 10.1. The molecule has 104 valence electrons. The first-order chi connectivity index (χ1) is 10.2. The third-order valence-electron chi connectivity index (χ3n) is 3.07. The Labute approximate surface area is 118 Å². The van der Waals surface area contributed by atoms with E-state index in [-0.39, 0.29) is 11.4 Å². The molecule has 0 bridgehead atoms. The van der Waals surface area contributed by atoms with E-state index in [1.807, 2.05) is 24.3 Å². The lowest BCUT2D eigenvalue weighted by Crippen LogP contribution is -2.29. The van der Waals surface area contributed by atoms with Crippen molar-refractivity contribution in [3.63, 3.8) is 0 Å². The minimum atomic E-state index is -0.492. The van der Waals surface area contributed by atoms with Crippen LogP contribution < -0.4 is 10.7 Å². The molecule has 2 aromatic rings. The number of aromatic nitrogens is 3. The van der Waals surface area contributed by atoms with Crippen LogP contribution in [0.2, 0.25) is 0 Å². The molecule has 0 fully saturated rings. The van der Waals surface area contributed by atoms with Crippen LogP contribution in [0.5, 0.6) is 0 Å². The van der Waals surface area contributed by atoms with Gasteiger partial charge in [-0.05, 0) is 12.1 Å². The van der Waals surface area contributed by atoms with Gasteiger partial charge in [-0.3, -0.25) is 15.2 Å². The van der Waals surface area contributed by atoms with Gasteiger partial charge < -0.3 is 5.11 Å². The van der Waals surface area contributed by atoms with Crippen LogP contribution in [-0.2, 0) is 0 Å². The fourth-order valence-corrected chi connectivity index (χ4v) is 2.01. The second kappa shape index (κ2) is 5.04. The van der Waals surface area contributed by atoms with Crippen LogP contribution in [0.3, 0.4) is 0 Å². The van der Waals surface area contributed by atoms with Gasteiger partial charge in [-0.15, -0.1) is 5.10 Å². The quantitative estimate of drug-likeness (QED) is 0.623. The summed E-state index contributed by atoms with van der Waals surface area (Å²) in [5, 5.41) is 32.2. The predicted octanol–water partition coefficient (Wildman–Crippen LogP) is 0.704. The van der Waals surface area contributed by atoms with E-state index in [1.165, 1.54) is 24.3 Å². The van der Waals surface area contributed by atoms with Crippen molar-refractivity contribution in [2.24, 2.45) is 0 Å². The van der Waals surface area contributed by atoms with Crippen LogP contribution in [0, 0.1) is 10.1 Å². The van der Waals surface area contributed by atoms with E-state index >= 15 is 0 Å². The zero-order valence-electron chi connectivity index (χ0n) is 10.7. The SMILES string of the molecule is O=[N+]([O-])c1ccc(/C(O)=c2\[nH]nnc2=C2C=CC=C2)cc1. The van der Waals surface area contributed by atoms with Gasteiger partial charge in [0.1, 0.15) is 16.5 Å². The van der Waals surface area contributed by atoms with Crippen molar-refractivity contribution >= 4 is 17.0 Å². The van der Waals surface area contributed by atoms with E-state index in [0.717, 1.165) is 5.57 Å². The van der Waals surface area contributed by atoms with Gasteiger partial charge in [-0.1, -0.05) is 29.5 Å². The standard InChI is InChI=1S/C14H10N4O3/c19-14(10-5-7-11(8-6-10)18(20)21)13-12(15-17-16-13)9-3-1-2-4-9/h1-8,19H,(H,15,16)/b14-13+. The molecule has 0 aliphatic heterocycles. The number of rotatable bonds is 2. The zero-order chi connectivity index (χ0) is 14.8. The number of nitro groups is 1. The highest BCUT2D eigenvalue weighted by Gasteiger charge is 2.09. The number of aliphatic hydroxyl groups is 1. The van der Waals surface area contributed by atoms with Gasteiger partial charge in [-0.25, -0.2) is 0 Å². The van der Waals surface area contributed by atoms with Crippen molar-refractivity contribution in [2.45, 2.75) is 0 Å². The first kappa shape index (κ1) is 12.8. The number of non-ortho nitro benzene ring substituents is 1. The smallest absolute Gasteiger partial charge is 0.269 e. The van der Waals surface area contributed by atoms with Crippen LogP contribution in [-0.4, -0.2) is 25.4 Å². The van der Waals surface area contributed by atoms with E-state index < -0.39 is 4.92 Å². The highest BCUT2D eigenvalue weighted by molar-refractivity contribution is 5.71. The first-order valence-electron chi connectivity index (χ1n) is 6.11. The summed E-state index contributed by atoms with van der Waals surface area (Å²) >= 11 is 0. The lowest BCUT2D eigenvalue weighted by Gasteiger charge is -1.98. The zero-order valence-corrected chi connectivity index (χ0v) is 10.7. The molecule has 0 unspecified atom stereocenters. The van der Waals surface area contributed by atoms with Crippen molar-refractivity contribution in [1.29, 1.82) is 0 Å². The van der Waals surface area contributed by atoms with Gasteiger partial charge in [0.15, 0.2) is 0 Å². The van der Waals surface area contributed by atoms with Crippen molar-refractivity contribution < 1.29 is 10.0 Å². The molecule has 0 atom stereocenters. The Balaban J connectivity index is 2.18. The largest absolute Gasteiger partial charge is 0.505 e. The molecule has 0 amide bonds. The van der Waals surface area contributed by atoms with Crippen LogP contribution in [0.25, 0.3) is 11.3 Å². The molecule has 0 spiro atoms. The number of hydrogen-bond donors (Lipinski definition) is 2. The summed E-state index contributed by atoms with van der Waals surface area (Å²) in [6.45, 7) is 0. The second-order valence-electron chi connectivity index (χ2n) is 4.36. The molecule has 2 N–H and O–H groups in total. The normalized spacial score (nSPS) is 14.6. The Bertz CT molecular complexity index is 862. The fraction of sp³-hybridized carbons (Fsp3) is 0. The number of nitrogens with zero attached hydrogens (tertiary/aromatic N) is 3. The van der Waals surface area contributed by atoms with E-state index in [4.69, 9.17) is 0 Å². The molecule has 7 nitrogen and oxygen atoms in total. The molecule has 3 rings (SSSR count). The average molecular weight is 282 g/mol. The minimum absolute atomic E-state index is 0.0365. The highest BCUT2D eigenvalue weighted by Crippen LogP contribution is 2.15. The number of hydrogen-bond acceptors (Lipinski definition) is 5. The summed E-state index contributed by atoms with van der Waals surface area (Å²) < 4.78 is 0. The molecule has 7 heteroatoms. The van der Waals surface area contributed by atoms with Gasteiger partial charge >= 0.3 is 0 Å². The Kier molecular flexibility index (Phi) is 3.07. The number of nitro benzene ring substituents is 1. The third kappa shape index (κ3) is 2.32. The maximum Gasteiger partial charge on any atom is 0.269 e. The lowest BCUT2D eigenvalue weighted by molar-refractivity contribution is -0.384. The fourth-order valence-electron chi connectivity index (χ4n) is 2.01. The summed E-state index contributed by atoms with van der Waals surface area (Å²) in [5.74, 6) is -0.0638. The van der Waals surface area contributed by atoms with Crippen molar-refractivity contribution in [3.05, 3.63) is 74.9 Å². The Morgan fingerprint density at radius 2 is 1.86 bits per heavy atom. The van der Waals surface area contributed by atoms with Crippen molar-refractivity contribution in [1.82, 2.24) is 15.4 Å². The predicted molar refractivity (Wildman–Crippen MR) is 75.6 cm³/mol. The summed E-state index contributed by atoms with van der Waals surface area (Å²) in [5.41, 5.74) is 1.23. The van der Waals surface area contributed by atoms with E-state index in [9.17, 15) is 15.2 Å². The van der Waals surface area contributed by atoms with Gasteiger partial charge in [-0.2, -0.15) is 0 Å². The summed E-state index contributed by atoms with van der Waals surface area (Å²) in [7, 11) is 0. The number of H-pyrrole nitrogens is 1. The van der Waals surface area contributed by atoms with Gasteiger partial charge in [0, 0.05) is 23.3 Å². The maximum atomic E-state index is 10.6. The molecular weight excluding hydrogens is 272 g/mol. The number of allylic oxidation sites excluding steroid dienone is 4. The van der Waals surface area contributed by atoms with Gasteiger partial charge in [0.25, 0.3) is 5.69 Å². The van der Waals surface area contributed by atoms with E-state index in [1.54, 1.807) is 0 Å². The monoisotopic (exact) mass is 282 g/mol. The van der Waals surface area contributed by atoms with Crippen LogP contribution in [0.1, 0.15) is 5.56 Å². The van der Waals surface area contributed by atoms with Gasteiger partial charge in [0.2, 0.25) is 0 Å².